The Labute approximate surface area is 117 Å². The van der Waals surface area contributed by atoms with Crippen LogP contribution in [0.2, 0.25) is 0 Å². The van der Waals surface area contributed by atoms with Crippen LogP contribution in [0.25, 0.3) is 0 Å². The molecule has 0 saturated carbocycles. The zero-order valence-corrected chi connectivity index (χ0v) is 11.2. The number of nitro benzene ring substituents is 1. The van der Waals surface area contributed by atoms with Gasteiger partial charge in [0.15, 0.2) is 0 Å². The number of benzene rings is 1. The maximum Gasteiger partial charge on any atom is 0.282 e. The molecule has 1 heterocycles. The minimum absolute atomic E-state index is 0. The predicted molar refractivity (Wildman–Crippen MR) is 73.7 cm³/mol. The number of carbonyl (C=O) groups excluding carboxylic acids is 1. The normalized spacial score (nSPS) is 15.3. The lowest BCUT2D eigenvalue weighted by Crippen LogP contribution is -2.34. The number of nitrogens with one attached hydrogen (secondary N) is 1. The third-order valence-corrected chi connectivity index (χ3v) is 2.96. The van der Waals surface area contributed by atoms with Crippen molar-refractivity contribution in [2.75, 3.05) is 26.2 Å². The second-order valence-electron chi connectivity index (χ2n) is 4.17. The van der Waals surface area contributed by atoms with E-state index in [1.165, 1.54) is 12.1 Å². The lowest BCUT2D eigenvalue weighted by molar-refractivity contribution is -0.385. The molecule has 7 heteroatoms. The molecule has 104 valence electrons. The van der Waals surface area contributed by atoms with E-state index in [1.54, 1.807) is 17.0 Å². The zero-order valence-electron chi connectivity index (χ0n) is 10.4. The Bertz CT molecular complexity index is 459. The van der Waals surface area contributed by atoms with E-state index in [4.69, 9.17) is 0 Å². The average molecular weight is 286 g/mol. The fraction of sp³-hybridized carbons (Fsp3) is 0.417. The van der Waals surface area contributed by atoms with Crippen LogP contribution in [0.5, 0.6) is 0 Å². The van der Waals surface area contributed by atoms with Crippen LogP contribution < -0.4 is 5.32 Å². The first-order valence-electron chi connectivity index (χ1n) is 5.93. The molecule has 0 bridgehead atoms. The predicted octanol–water partition coefficient (Wildman–Crippen LogP) is 1.45. The van der Waals surface area contributed by atoms with E-state index in [1.807, 2.05) is 0 Å². The summed E-state index contributed by atoms with van der Waals surface area (Å²) in [4.78, 5) is 24.3. The van der Waals surface area contributed by atoms with Gasteiger partial charge >= 0.3 is 0 Å². The highest BCUT2D eigenvalue weighted by Crippen LogP contribution is 2.19. The number of rotatable bonds is 2. The van der Waals surface area contributed by atoms with Gasteiger partial charge in [-0.1, -0.05) is 12.1 Å². The molecule has 0 aromatic heterocycles. The summed E-state index contributed by atoms with van der Waals surface area (Å²) < 4.78 is 0. The first-order chi connectivity index (χ1) is 8.70. The number of nitrogens with zero attached hydrogens (tertiary/aromatic N) is 2. The molecular formula is C12H16ClN3O3. The smallest absolute Gasteiger partial charge is 0.282 e. The quantitative estimate of drug-likeness (QED) is 0.659. The van der Waals surface area contributed by atoms with Gasteiger partial charge in [-0.3, -0.25) is 14.9 Å². The van der Waals surface area contributed by atoms with Crippen LogP contribution in [0.1, 0.15) is 16.8 Å². The van der Waals surface area contributed by atoms with Gasteiger partial charge in [0, 0.05) is 25.7 Å². The van der Waals surface area contributed by atoms with Crippen LogP contribution in [-0.2, 0) is 0 Å². The Hall–Kier alpha value is -1.66. The van der Waals surface area contributed by atoms with Crippen molar-refractivity contribution in [3.8, 4) is 0 Å². The van der Waals surface area contributed by atoms with Crippen molar-refractivity contribution >= 4 is 24.0 Å². The van der Waals surface area contributed by atoms with Gasteiger partial charge in [-0.15, -0.1) is 12.4 Å². The second kappa shape index (κ2) is 7.06. The van der Waals surface area contributed by atoms with Crippen LogP contribution in [0.15, 0.2) is 24.3 Å². The van der Waals surface area contributed by atoms with Crippen molar-refractivity contribution in [2.24, 2.45) is 0 Å². The molecule has 19 heavy (non-hydrogen) atoms. The van der Waals surface area contributed by atoms with E-state index in [0.717, 1.165) is 19.5 Å². The van der Waals surface area contributed by atoms with Gasteiger partial charge in [-0.25, -0.2) is 0 Å². The number of carbonyl (C=O) groups is 1. The van der Waals surface area contributed by atoms with Crippen LogP contribution in [0.4, 0.5) is 5.69 Å². The molecule has 1 aliphatic heterocycles. The highest BCUT2D eigenvalue weighted by molar-refractivity contribution is 5.98. The second-order valence-corrected chi connectivity index (χ2v) is 4.17. The van der Waals surface area contributed by atoms with Gasteiger partial charge in [0.2, 0.25) is 0 Å². The molecule has 0 aliphatic carbocycles. The Morgan fingerprint density at radius 1 is 1.26 bits per heavy atom. The van der Waals surface area contributed by atoms with Crippen LogP contribution >= 0.6 is 12.4 Å². The molecule has 1 amide bonds. The van der Waals surface area contributed by atoms with E-state index in [2.05, 4.69) is 5.32 Å². The molecule has 1 fully saturated rings. The number of amides is 1. The molecule has 1 saturated heterocycles. The van der Waals surface area contributed by atoms with E-state index < -0.39 is 4.92 Å². The fourth-order valence-corrected chi connectivity index (χ4v) is 2.03. The molecular weight excluding hydrogens is 270 g/mol. The average Bonchev–Trinajstić information content (AvgIpc) is 2.66. The third-order valence-electron chi connectivity index (χ3n) is 2.96. The zero-order chi connectivity index (χ0) is 13.0. The summed E-state index contributed by atoms with van der Waals surface area (Å²) in [6.45, 7) is 2.83. The Morgan fingerprint density at radius 3 is 2.74 bits per heavy atom. The minimum atomic E-state index is -0.511. The van der Waals surface area contributed by atoms with Gasteiger partial charge < -0.3 is 10.2 Å². The van der Waals surface area contributed by atoms with Crippen molar-refractivity contribution in [2.45, 2.75) is 6.42 Å². The van der Waals surface area contributed by atoms with Crippen molar-refractivity contribution < 1.29 is 9.72 Å². The molecule has 0 unspecified atom stereocenters. The number of hydrogen-bond acceptors (Lipinski definition) is 4. The fourth-order valence-electron chi connectivity index (χ4n) is 2.03. The first kappa shape index (κ1) is 15.4. The number of nitro groups is 1. The van der Waals surface area contributed by atoms with Gasteiger partial charge in [0.1, 0.15) is 5.56 Å². The Morgan fingerprint density at radius 2 is 2.00 bits per heavy atom. The summed E-state index contributed by atoms with van der Waals surface area (Å²) in [5.41, 5.74) is 0.0455. The van der Waals surface area contributed by atoms with Crippen LogP contribution in [0, 0.1) is 10.1 Å². The maximum absolute atomic E-state index is 12.3. The number of para-hydroxylation sites is 1. The minimum Gasteiger partial charge on any atom is -0.337 e. The summed E-state index contributed by atoms with van der Waals surface area (Å²) in [7, 11) is 0. The molecule has 1 aromatic carbocycles. The highest BCUT2D eigenvalue weighted by atomic mass is 35.5. The van der Waals surface area contributed by atoms with Crippen molar-refractivity contribution in [3.05, 3.63) is 39.9 Å². The molecule has 0 spiro atoms. The lowest BCUT2D eigenvalue weighted by atomic mass is 10.1. The van der Waals surface area contributed by atoms with Crippen molar-refractivity contribution in [3.63, 3.8) is 0 Å². The van der Waals surface area contributed by atoms with Crippen LogP contribution in [0.3, 0.4) is 0 Å². The summed E-state index contributed by atoms with van der Waals surface area (Å²) in [5, 5.41) is 14.1. The van der Waals surface area contributed by atoms with Gasteiger partial charge in [0.25, 0.3) is 11.6 Å². The van der Waals surface area contributed by atoms with Gasteiger partial charge in [-0.2, -0.15) is 0 Å². The molecule has 0 atom stereocenters. The lowest BCUT2D eigenvalue weighted by Gasteiger charge is -2.19. The molecule has 1 aliphatic rings. The summed E-state index contributed by atoms with van der Waals surface area (Å²) in [5.74, 6) is -0.258. The van der Waals surface area contributed by atoms with Gasteiger partial charge in [0.05, 0.1) is 4.92 Å². The van der Waals surface area contributed by atoms with Gasteiger partial charge in [-0.05, 0) is 19.0 Å². The van der Waals surface area contributed by atoms with E-state index in [0.29, 0.717) is 13.1 Å². The molecule has 0 radical (unpaired) electrons. The largest absolute Gasteiger partial charge is 0.337 e. The summed E-state index contributed by atoms with van der Waals surface area (Å²) >= 11 is 0. The van der Waals surface area contributed by atoms with E-state index in [9.17, 15) is 14.9 Å². The Kier molecular flexibility index (Phi) is 5.72. The standard InChI is InChI=1S/C12H15N3O3.ClH/c16-12(14-8-3-6-13-7-9-14)10-4-1-2-5-11(10)15(17)18;/h1-2,4-5,13H,3,6-9H2;1H. The number of hydrogen-bond donors (Lipinski definition) is 1. The molecule has 6 nitrogen and oxygen atoms in total. The summed E-state index contributed by atoms with van der Waals surface area (Å²) in [6.07, 6.45) is 0.867. The maximum atomic E-state index is 12.3. The Balaban J connectivity index is 0.00000180. The van der Waals surface area contributed by atoms with Crippen molar-refractivity contribution in [1.29, 1.82) is 0 Å². The molecule has 2 rings (SSSR count). The monoisotopic (exact) mass is 285 g/mol. The molecule has 1 aromatic rings. The van der Waals surface area contributed by atoms with Crippen LogP contribution in [-0.4, -0.2) is 41.9 Å². The topological polar surface area (TPSA) is 75.5 Å². The number of halogens is 1. The highest BCUT2D eigenvalue weighted by Gasteiger charge is 2.24. The third kappa shape index (κ3) is 3.65. The van der Waals surface area contributed by atoms with E-state index in [-0.39, 0.29) is 29.6 Å². The SMILES string of the molecule is Cl.O=C(c1ccccc1[N+](=O)[O-])N1CCCNCC1. The molecule has 1 N–H and O–H groups in total. The first-order valence-corrected chi connectivity index (χ1v) is 5.93. The summed E-state index contributed by atoms with van der Waals surface area (Å²) in [6, 6.07) is 6.09. The van der Waals surface area contributed by atoms with Crippen molar-refractivity contribution in [1.82, 2.24) is 10.2 Å². The van der Waals surface area contributed by atoms with E-state index >= 15 is 0 Å².